The molecule has 4 N–H and O–H groups in total. The third-order valence-corrected chi connectivity index (χ3v) is 7.42. The van der Waals surface area contributed by atoms with Gasteiger partial charge in [0, 0.05) is 72.0 Å². The lowest BCUT2D eigenvalue weighted by molar-refractivity contribution is -0.697. The van der Waals surface area contributed by atoms with Crippen molar-refractivity contribution in [2.24, 2.45) is 0 Å². The Bertz CT molecular complexity index is 1690. The van der Waals surface area contributed by atoms with Crippen LogP contribution < -0.4 is 30.4 Å². The molecule has 0 saturated heterocycles. The van der Waals surface area contributed by atoms with Gasteiger partial charge in [-0.05, 0) is 71.8 Å². The number of nitrogens with zero attached hydrogens (tertiary/aromatic N) is 2. The highest BCUT2D eigenvalue weighted by Crippen LogP contribution is 2.20. The standard InChI is InChI=1S/C40H40N6O2/c1-3-25-45-27-21-37(22-28-45)41-33-11-15-35(16-12-33)43-39(47)19-9-31-5-7-32(8-6-31)10-20-40(48)44-36-17-13-34(14-18-36)42-38-23-29-46(26-4-2)30-24-38/h5-24,27-30H,3-4,25-26H2,1-2H3,(H2,43,44,47,48)/p+2/b19-9+,20-10+. The van der Waals surface area contributed by atoms with Crippen molar-refractivity contribution in [1.29, 1.82) is 0 Å². The molecule has 0 unspecified atom stereocenters. The van der Waals surface area contributed by atoms with E-state index in [4.69, 9.17) is 0 Å². The predicted molar refractivity (Wildman–Crippen MR) is 195 cm³/mol. The Hall–Kier alpha value is -6.02. The summed E-state index contributed by atoms with van der Waals surface area (Å²) < 4.78 is 4.30. The minimum atomic E-state index is -0.219. The number of pyridine rings is 2. The van der Waals surface area contributed by atoms with Crippen LogP contribution in [-0.4, -0.2) is 11.8 Å². The molecule has 8 heteroatoms. The summed E-state index contributed by atoms with van der Waals surface area (Å²) in [6.45, 7) is 6.31. The first-order valence-electron chi connectivity index (χ1n) is 16.3. The molecule has 0 spiro atoms. The van der Waals surface area contributed by atoms with Crippen LogP contribution in [0.1, 0.15) is 37.8 Å². The summed E-state index contributed by atoms with van der Waals surface area (Å²) >= 11 is 0. The minimum absolute atomic E-state index is 0.219. The summed E-state index contributed by atoms with van der Waals surface area (Å²) in [6.07, 6.45) is 16.9. The number of nitrogens with one attached hydrogen (secondary N) is 4. The van der Waals surface area contributed by atoms with Crippen molar-refractivity contribution >= 4 is 58.1 Å². The fraction of sp³-hybridized carbons (Fsp3) is 0.150. The highest BCUT2D eigenvalue weighted by molar-refractivity contribution is 6.02. The van der Waals surface area contributed by atoms with E-state index in [1.165, 1.54) is 12.2 Å². The van der Waals surface area contributed by atoms with Crippen molar-refractivity contribution in [3.8, 4) is 0 Å². The van der Waals surface area contributed by atoms with Crippen molar-refractivity contribution in [1.82, 2.24) is 0 Å². The van der Waals surface area contributed by atoms with Gasteiger partial charge in [-0.3, -0.25) is 9.59 Å². The van der Waals surface area contributed by atoms with Crippen LogP contribution in [0.2, 0.25) is 0 Å². The van der Waals surface area contributed by atoms with Crippen molar-refractivity contribution < 1.29 is 18.7 Å². The van der Waals surface area contributed by atoms with Crippen LogP contribution in [0.5, 0.6) is 0 Å². The molecule has 2 amide bonds. The molecule has 5 aromatic rings. The zero-order chi connectivity index (χ0) is 33.6. The Labute approximate surface area is 282 Å². The molecule has 0 saturated carbocycles. The first-order valence-corrected chi connectivity index (χ1v) is 16.3. The first kappa shape index (κ1) is 33.3. The molecule has 242 valence electrons. The number of hydrogen-bond donors (Lipinski definition) is 4. The van der Waals surface area contributed by atoms with E-state index in [-0.39, 0.29) is 11.8 Å². The zero-order valence-electron chi connectivity index (χ0n) is 27.4. The number of carbonyl (C=O) groups excluding carboxylic acids is 2. The molecule has 0 bridgehead atoms. The Kier molecular flexibility index (Phi) is 11.8. The summed E-state index contributed by atoms with van der Waals surface area (Å²) in [7, 11) is 0. The number of carbonyl (C=O) groups is 2. The van der Waals surface area contributed by atoms with Crippen molar-refractivity contribution in [3.63, 3.8) is 0 Å². The molecule has 0 radical (unpaired) electrons. The maximum atomic E-state index is 12.5. The lowest BCUT2D eigenvalue weighted by atomic mass is 10.1. The summed E-state index contributed by atoms with van der Waals surface area (Å²) in [6, 6.07) is 31.0. The summed E-state index contributed by atoms with van der Waals surface area (Å²) in [5, 5.41) is 12.5. The van der Waals surface area contributed by atoms with Crippen LogP contribution in [-0.2, 0) is 22.7 Å². The molecular formula is C40H42N6O2+2. The Balaban J connectivity index is 1.05. The van der Waals surface area contributed by atoms with Crippen LogP contribution >= 0.6 is 0 Å². The lowest BCUT2D eigenvalue weighted by Crippen LogP contribution is -2.31. The van der Waals surface area contributed by atoms with Gasteiger partial charge in [-0.15, -0.1) is 0 Å². The molecule has 3 aromatic carbocycles. The zero-order valence-corrected chi connectivity index (χ0v) is 27.4. The first-order chi connectivity index (χ1) is 23.4. The smallest absolute Gasteiger partial charge is 0.248 e. The number of anilines is 6. The molecule has 8 nitrogen and oxygen atoms in total. The van der Waals surface area contributed by atoms with Crippen molar-refractivity contribution in [3.05, 3.63) is 145 Å². The summed E-state index contributed by atoms with van der Waals surface area (Å²) in [5.74, 6) is -0.437. The number of hydrogen-bond acceptors (Lipinski definition) is 4. The van der Waals surface area contributed by atoms with Gasteiger partial charge in [0.1, 0.15) is 13.1 Å². The number of rotatable bonds is 14. The Morgan fingerprint density at radius 1 is 0.479 bits per heavy atom. The van der Waals surface area contributed by atoms with Gasteiger partial charge in [0.15, 0.2) is 24.8 Å². The lowest BCUT2D eigenvalue weighted by Gasteiger charge is -2.07. The molecule has 2 heterocycles. The topological polar surface area (TPSA) is 90.0 Å². The average Bonchev–Trinajstić information content (AvgIpc) is 3.10. The second kappa shape index (κ2) is 17.1. The molecule has 0 atom stereocenters. The van der Waals surface area contributed by atoms with Crippen LogP contribution in [0.25, 0.3) is 12.2 Å². The summed E-state index contributed by atoms with van der Waals surface area (Å²) in [4.78, 5) is 25.0. The second-order valence-corrected chi connectivity index (χ2v) is 11.4. The van der Waals surface area contributed by atoms with E-state index in [9.17, 15) is 9.59 Å². The van der Waals surface area contributed by atoms with Gasteiger partial charge in [0.25, 0.3) is 0 Å². The van der Waals surface area contributed by atoms with Gasteiger partial charge in [0.05, 0.1) is 11.4 Å². The van der Waals surface area contributed by atoms with Gasteiger partial charge >= 0.3 is 0 Å². The predicted octanol–water partition coefficient (Wildman–Crippen LogP) is 7.87. The third-order valence-electron chi connectivity index (χ3n) is 7.42. The van der Waals surface area contributed by atoms with E-state index in [0.29, 0.717) is 11.4 Å². The van der Waals surface area contributed by atoms with Gasteiger partial charge in [-0.25, -0.2) is 9.13 Å². The average molecular weight is 639 g/mol. The maximum absolute atomic E-state index is 12.5. The van der Waals surface area contributed by atoms with E-state index >= 15 is 0 Å². The van der Waals surface area contributed by atoms with Crippen LogP contribution in [0.15, 0.2) is 134 Å². The van der Waals surface area contributed by atoms with E-state index in [2.05, 4.69) is 69.0 Å². The van der Waals surface area contributed by atoms with E-state index < -0.39 is 0 Å². The largest absolute Gasteiger partial charge is 0.355 e. The van der Waals surface area contributed by atoms with Crippen LogP contribution in [0.4, 0.5) is 34.1 Å². The molecule has 0 fully saturated rings. The number of benzene rings is 3. The van der Waals surface area contributed by atoms with E-state index in [1.807, 2.05) is 97.1 Å². The van der Waals surface area contributed by atoms with Gasteiger partial charge in [-0.2, -0.15) is 0 Å². The minimum Gasteiger partial charge on any atom is -0.355 e. The van der Waals surface area contributed by atoms with Crippen molar-refractivity contribution in [2.75, 3.05) is 21.3 Å². The highest BCUT2D eigenvalue weighted by atomic mass is 16.2. The fourth-order valence-corrected chi connectivity index (χ4v) is 4.93. The molecule has 48 heavy (non-hydrogen) atoms. The van der Waals surface area contributed by atoms with Crippen LogP contribution in [0, 0.1) is 0 Å². The van der Waals surface area contributed by atoms with Crippen molar-refractivity contribution in [2.45, 2.75) is 39.8 Å². The summed E-state index contributed by atoms with van der Waals surface area (Å²) in [5.41, 5.74) is 7.06. The van der Waals surface area contributed by atoms with E-state index in [0.717, 1.165) is 59.8 Å². The highest BCUT2D eigenvalue weighted by Gasteiger charge is 2.04. The number of amides is 2. The number of aromatic nitrogens is 2. The monoisotopic (exact) mass is 638 g/mol. The Morgan fingerprint density at radius 2 is 0.792 bits per heavy atom. The van der Waals surface area contributed by atoms with E-state index in [1.54, 1.807) is 12.2 Å². The second-order valence-electron chi connectivity index (χ2n) is 11.4. The Morgan fingerprint density at radius 3 is 1.12 bits per heavy atom. The fourth-order valence-electron chi connectivity index (χ4n) is 4.93. The number of aryl methyl sites for hydroxylation is 2. The molecule has 5 rings (SSSR count). The molecular weight excluding hydrogens is 596 g/mol. The SMILES string of the molecule is CCC[n+]1ccc(Nc2ccc(NC(=O)/C=C/c3ccc(/C=C/C(=O)Nc4ccc(Nc5cc[n+](CCC)cc5)cc4)cc3)cc2)cc1. The normalized spacial score (nSPS) is 11.0. The van der Waals surface area contributed by atoms with Gasteiger partial charge < -0.3 is 21.3 Å². The quantitative estimate of drug-likeness (QED) is 0.0736. The van der Waals surface area contributed by atoms with Crippen LogP contribution in [0.3, 0.4) is 0 Å². The molecule has 2 aromatic heterocycles. The van der Waals surface area contributed by atoms with Gasteiger partial charge in [0.2, 0.25) is 11.8 Å². The maximum Gasteiger partial charge on any atom is 0.248 e. The molecule has 0 aliphatic heterocycles. The molecule has 0 aliphatic rings. The molecule has 0 aliphatic carbocycles. The third kappa shape index (κ3) is 10.5. The van der Waals surface area contributed by atoms with Gasteiger partial charge in [-0.1, -0.05) is 38.1 Å².